The van der Waals surface area contributed by atoms with Crippen LogP contribution in [0.15, 0.2) is 6.20 Å². The van der Waals surface area contributed by atoms with Gasteiger partial charge in [0.2, 0.25) is 0 Å². The Hall–Kier alpha value is -1.40. The van der Waals surface area contributed by atoms with E-state index in [0.29, 0.717) is 18.8 Å². The fourth-order valence-electron chi connectivity index (χ4n) is 2.22. The molecule has 6 heteroatoms. The van der Waals surface area contributed by atoms with Crippen LogP contribution in [0.5, 0.6) is 0 Å². The number of aromatic carboxylic acids is 1. The van der Waals surface area contributed by atoms with E-state index in [2.05, 4.69) is 10.00 Å². The molecule has 1 aromatic heterocycles. The number of aliphatic hydroxyl groups excluding tert-OH is 1. The third kappa shape index (κ3) is 2.65. The molecule has 1 atom stereocenters. The van der Waals surface area contributed by atoms with Crippen molar-refractivity contribution in [1.82, 2.24) is 14.7 Å². The standard InChI is InChI=1S/C11H17N3O3/c1-13-10(9(5-12-13)11(16)17)7-14-4-2-3-8(15)6-14/h5,8,15H,2-4,6-7H2,1H3,(H,16,17). The first-order valence-electron chi connectivity index (χ1n) is 5.72. The minimum atomic E-state index is -0.953. The zero-order valence-electron chi connectivity index (χ0n) is 9.83. The lowest BCUT2D eigenvalue weighted by Crippen LogP contribution is -2.38. The predicted octanol–water partition coefficient (Wildman–Crippen LogP) is 0.0750. The quantitative estimate of drug-likeness (QED) is 0.780. The van der Waals surface area contributed by atoms with Crippen LogP contribution in [0.25, 0.3) is 0 Å². The van der Waals surface area contributed by atoms with Gasteiger partial charge in [-0.15, -0.1) is 0 Å². The lowest BCUT2D eigenvalue weighted by molar-refractivity contribution is 0.0639. The zero-order valence-corrected chi connectivity index (χ0v) is 9.83. The second-order valence-electron chi connectivity index (χ2n) is 4.46. The van der Waals surface area contributed by atoms with E-state index in [-0.39, 0.29) is 11.7 Å². The molecule has 2 heterocycles. The van der Waals surface area contributed by atoms with E-state index in [0.717, 1.165) is 19.4 Å². The molecule has 2 rings (SSSR count). The molecule has 1 aliphatic rings. The smallest absolute Gasteiger partial charge is 0.339 e. The number of hydrogen-bond donors (Lipinski definition) is 2. The van der Waals surface area contributed by atoms with Gasteiger partial charge in [0.25, 0.3) is 0 Å². The van der Waals surface area contributed by atoms with Crippen LogP contribution < -0.4 is 0 Å². The van der Waals surface area contributed by atoms with E-state index in [1.165, 1.54) is 6.20 Å². The van der Waals surface area contributed by atoms with E-state index >= 15 is 0 Å². The van der Waals surface area contributed by atoms with Crippen molar-refractivity contribution >= 4 is 5.97 Å². The maximum atomic E-state index is 11.0. The SMILES string of the molecule is Cn1ncc(C(=O)O)c1CN1CCCC(O)C1. The Bertz CT molecular complexity index is 416. The topological polar surface area (TPSA) is 78.6 Å². The molecule has 1 fully saturated rings. The lowest BCUT2D eigenvalue weighted by atomic mass is 10.1. The lowest BCUT2D eigenvalue weighted by Gasteiger charge is -2.29. The Morgan fingerprint density at radius 3 is 3.06 bits per heavy atom. The van der Waals surface area contributed by atoms with Crippen LogP contribution in [0.1, 0.15) is 28.9 Å². The highest BCUT2D eigenvalue weighted by Crippen LogP contribution is 2.15. The second-order valence-corrected chi connectivity index (χ2v) is 4.46. The third-order valence-corrected chi connectivity index (χ3v) is 3.15. The number of hydrogen-bond acceptors (Lipinski definition) is 4. The van der Waals surface area contributed by atoms with Crippen molar-refractivity contribution < 1.29 is 15.0 Å². The molecule has 1 aliphatic heterocycles. The number of nitrogens with zero attached hydrogens (tertiary/aromatic N) is 3. The van der Waals surface area contributed by atoms with Crippen LogP contribution in [-0.2, 0) is 13.6 Å². The molecule has 0 bridgehead atoms. The minimum absolute atomic E-state index is 0.243. The number of carboxylic acids is 1. The second kappa shape index (κ2) is 4.85. The van der Waals surface area contributed by atoms with Gasteiger partial charge in [-0.25, -0.2) is 4.79 Å². The van der Waals surface area contributed by atoms with Gasteiger partial charge in [0.05, 0.1) is 18.0 Å². The molecule has 0 radical (unpaired) electrons. The minimum Gasteiger partial charge on any atom is -0.478 e. The maximum absolute atomic E-state index is 11.0. The summed E-state index contributed by atoms with van der Waals surface area (Å²) < 4.78 is 1.59. The van der Waals surface area contributed by atoms with Gasteiger partial charge in [0.1, 0.15) is 5.56 Å². The van der Waals surface area contributed by atoms with E-state index < -0.39 is 5.97 Å². The monoisotopic (exact) mass is 239 g/mol. The van der Waals surface area contributed by atoms with Crippen molar-refractivity contribution in [3.8, 4) is 0 Å². The number of carbonyl (C=O) groups is 1. The Labute approximate surface area is 99.5 Å². The number of β-amino-alcohol motifs (C(OH)–C–C–N with tert-alkyl or cyclic N) is 1. The van der Waals surface area contributed by atoms with Crippen molar-refractivity contribution in [3.63, 3.8) is 0 Å². The van der Waals surface area contributed by atoms with Gasteiger partial charge < -0.3 is 10.2 Å². The molecular weight excluding hydrogens is 222 g/mol. The van der Waals surface area contributed by atoms with Crippen LogP contribution in [0.4, 0.5) is 0 Å². The highest BCUT2D eigenvalue weighted by atomic mass is 16.4. The van der Waals surface area contributed by atoms with Gasteiger partial charge >= 0.3 is 5.97 Å². The first kappa shape index (κ1) is 12.1. The summed E-state index contributed by atoms with van der Waals surface area (Å²) in [6, 6.07) is 0. The average Bonchev–Trinajstić information content (AvgIpc) is 2.61. The molecule has 2 N–H and O–H groups in total. The molecule has 1 aromatic rings. The van der Waals surface area contributed by atoms with Gasteiger partial charge in [-0.2, -0.15) is 5.10 Å². The summed E-state index contributed by atoms with van der Waals surface area (Å²) >= 11 is 0. The van der Waals surface area contributed by atoms with Crippen molar-refractivity contribution in [2.75, 3.05) is 13.1 Å². The summed E-state index contributed by atoms with van der Waals surface area (Å²) in [4.78, 5) is 13.1. The molecular formula is C11H17N3O3. The van der Waals surface area contributed by atoms with Gasteiger partial charge in [-0.05, 0) is 19.4 Å². The van der Waals surface area contributed by atoms with E-state index in [1.807, 2.05) is 0 Å². The van der Waals surface area contributed by atoms with Crippen molar-refractivity contribution in [1.29, 1.82) is 0 Å². The summed E-state index contributed by atoms with van der Waals surface area (Å²) in [6.07, 6.45) is 2.85. The Morgan fingerprint density at radius 1 is 1.65 bits per heavy atom. The van der Waals surface area contributed by atoms with Crippen molar-refractivity contribution in [2.24, 2.45) is 7.05 Å². The molecule has 6 nitrogen and oxygen atoms in total. The summed E-state index contributed by atoms with van der Waals surface area (Å²) in [5.74, 6) is -0.953. The van der Waals surface area contributed by atoms with Gasteiger partial charge in [-0.3, -0.25) is 9.58 Å². The molecule has 17 heavy (non-hydrogen) atoms. The molecule has 1 unspecified atom stereocenters. The Morgan fingerprint density at radius 2 is 2.41 bits per heavy atom. The molecule has 0 aromatic carbocycles. The van der Waals surface area contributed by atoms with Crippen LogP contribution >= 0.6 is 0 Å². The average molecular weight is 239 g/mol. The molecule has 0 saturated carbocycles. The summed E-state index contributed by atoms with van der Waals surface area (Å²) in [6.45, 7) is 2.01. The first-order valence-corrected chi connectivity index (χ1v) is 5.72. The maximum Gasteiger partial charge on any atom is 0.339 e. The first-order chi connectivity index (χ1) is 8.08. The highest BCUT2D eigenvalue weighted by Gasteiger charge is 2.22. The summed E-state index contributed by atoms with van der Waals surface area (Å²) in [5, 5.41) is 22.6. The number of likely N-dealkylation sites (tertiary alicyclic amines) is 1. The molecule has 0 aliphatic carbocycles. The summed E-state index contributed by atoms with van der Waals surface area (Å²) in [5.41, 5.74) is 0.930. The zero-order chi connectivity index (χ0) is 12.4. The number of piperidine rings is 1. The third-order valence-electron chi connectivity index (χ3n) is 3.15. The van der Waals surface area contributed by atoms with Crippen molar-refractivity contribution in [3.05, 3.63) is 17.5 Å². The number of rotatable bonds is 3. The van der Waals surface area contributed by atoms with Crippen LogP contribution in [0.3, 0.4) is 0 Å². The number of carboxylic acid groups (broad SMARTS) is 1. The summed E-state index contributed by atoms with van der Waals surface area (Å²) in [7, 11) is 1.74. The van der Waals surface area contributed by atoms with Gasteiger partial charge in [0.15, 0.2) is 0 Å². The predicted molar refractivity (Wildman–Crippen MR) is 60.7 cm³/mol. The van der Waals surface area contributed by atoms with Gasteiger partial charge in [0, 0.05) is 20.1 Å². The van der Waals surface area contributed by atoms with E-state index in [4.69, 9.17) is 5.11 Å². The molecule has 0 amide bonds. The number of aliphatic hydroxyl groups is 1. The van der Waals surface area contributed by atoms with Crippen LogP contribution in [0.2, 0.25) is 0 Å². The van der Waals surface area contributed by atoms with Gasteiger partial charge in [-0.1, -0.05) is 0 Å². The largest absolute Gasteiger partial charge is 0.478 e. The number of aryl methyl sites for hydroxylation is 1. The van der Waals surface area contributed by atoms with E-state index in [9.17, 15) is 9.90 Å². The fraction of sp³-hybridized carbons (Fsp3) is 0.636. The normalized spacial score (nSPS) is 21.6. The highest BCUT2D eigenvalue weighted by molar-refractivity contribution is 5.88. The Kier molecular flexibility index (Phi) is 3.44. The molecule has 1 saturated heterocycles. The fourth-order valence-corrected chi connectivity index (χ4v) is 2.22. The van der Waals surface area contributed by atoms with Crippen molar-refractivity contribution in [2.45, 2.75) is 25.5 Å². The van der Waals surface area contributed by atoms with Crippen LogP contribution in [0, 0.1) is 0 Å². The molecule has 94 valence electrons. The van der Waals surface area contributed by atoms with Crippen LogP contribution in [-0.4, -0.2) is 50.1 Å². The van der Waals surface area contributed by atoms with E-state index in [1.54, 1.807) is 11.7 Å². The number of aromatic nitrogens is 2. The molecule has 0 spiro atoms. The Balaban J connectivity index is 2.12.